The first-order chi connectivity index (χ1) is 12.5. The molecule has 142 valence electrons. The maximum Gasteiger partial charge on any atom is 0.238 e. The molecule has 2 N–H and O–H groups in total. The quantitative estimate of drug-likeness (QED) is 0.685. The number of hydrogen-bond acceptors (Lipinski definition) is 7. The van der Waals surface area contributed by atoms with Crippen LogP contribution in [-0.4, -0.2) is 37.2 Å². The third-order valence-electron chi connectivity index (χ3n) is 4.40. The van der Waals surface area contributed by atoms with Gasteiger partial charge in [0.1, 0.15) is 5.82 Å². The van der Waals surface area contributed by atoms with Crippen molar-refractivity contribution in [2.24, 2.45) is 0 Å². The number of carbonyl (C=O) groups is 1. The molecular formula is C17H26N6OS2. The van der Waals surface area contributed by atoms with Crippen molar-refractivity contribution in [2.75, 3.05) is 10.6 Å². The maximum atomic E-state index is 12.5. The molecule has 2 heterocycles. The van der Waals surface area contributed by atoms with E-state index in [1.54, 1.807) is 10.9 Å². The van der Waals surface area contributed by atoms with Gasteiger partial charge in [-0.05, 0) is 33.6 Å². The summed E-state index contributed by atoms with van der Waals surface area (Å²) in [6.45, 7) is 5.94. The highest BCUT2D eigenvalue weighted by atomic mass is 32.2. The molecule has 0 bridgehead atoms. The lowest BCUT2D eigenvalue weighted by atomic mass is 9.96. The summed E-state index contributed by atoms with van der Waals surface area (Å²) in [5.74, 6) is 0.656. The van der Waals surface area contributed by atoms with Crippen LogP contribution in [0.1, 0.15) is 58.9 Å². The van der Waals surface area contributed by atoms with E-state index < -0.39 is 0 Å². The molecule has 2 aromatic rings. The van der Waals surface area contributed by atoms with E-state index in [-0.39, 0.29) is 17.2 Å². The Labute approximate surface area is 162 Å². The highest BCUT2D eigenvalue weighted by Crippen LogP contribution is 2.31. The molecule has 1 amide bonds. The SMILES string of the molecule is CC(C)n1nccc1NC(=O)[C@@H](C)Sc1nnc(NC2CCCCC2)s1. The summed E-state index contributed by atoms with van der Waals surface area (Å²) in [5.41, 5.74) is 0. The topological polar surface area (TPSA) is 84.7 Å². The fourth-order valence-corrected chi connectivity index (χ4v) is 4.97. The molecule has 3 rings (SSSR count). The minimum atomic E-state index is -0.263. The standard InChI is InChI=1S/C17H26N6OS2/c1-11(2)23-14(9-10-18-23)20-15(24)12(3)25-17-22-21-16(26-17)19-13-7-5-4-6-8-13/h9-13H,4-8H2,1-3H3,(H,19,21)(H,20,24)/t12-/m1/s1. The second kappa shape index (κ2) is 8.85. The molecule has 0 radical (unpaired) electrons. The maximum absolute atomic E-state index is 12.5. The Morgan fingerprint density at radius 2 is 2.04 bits per heavy atom. The van der Waals surface area contributed by atoms with Crippen LogP contribution in [0.15, 0.2) is 16.6 Å². The summed E-state index contributed by atoms with van der Waals surface area (Å²) in [6.07, 6.45) is 7.98. The van der Waals surface area contributed by atoms with E-state index in [2.05, 4.69) is 25.9 Å². The third-order valence-corrected chi connectivity index (χ3v) is 6.44. The summed E-state index contributed by atoms with van der Waals surface area (Å²) in [4.78, 5) is 12.5. The number of anilines is 2. The number of rotatable bonds is 7. The van der Waals surface area contributed by atoms with E-state index in [4.69, 9.17) is 0 Å². The first kappa shape index (κ1) is 19.2. The normalized spacial score (nSPS) is 16.6. The van der Waals surface area contributed by atoms with Crippen molar-refractivity contribution in [3.05, 3.63) is 12.3 Å². The second-order valence-corrected chi connectivity index (χ2v) is 9.42. The third kappa shape index (κ3) is 4.97. The number of amides is 1. The Kier molecular flexibility index (Phi) is 6.53. The van der Waals surface area contributed by atoms with Gasteiger partial charge in [-0.25, -0.2) is 4.68 Å². The number of aromatic nitrogens is 4. The van der Waals surface area contributed by atoms with Gasteiger partial charge in [0.25, 0.3) is 0 Å². The summed E-state index contributed by atoms with van der Waals surface area (Å²) in [7, 11) is 0. The molecule has 9 heteroatoms. The molecule has 0 saturated heterocycles. The Morgan fingerprint density at radius 1 is 1.27 bits per heavy atom. The minimum Gasteiger partial charge on any atom is -0.357 e. The van der Waals surface area contributed by atoms with Gasteiger partial charge in [-0.3, -0.25) is 4.79 Å². The first-order valence-electron chi connectivity index (χ1n) is 9.14. The Balaban J connectivity index is 1.53. The molecule has 1 saturated carbocycles. The van der Waals surface area contributed by atoms with Crippen LogP contribution in [0.4, 0.5) is 10.9 Å². The molecular weight excluding hydrogens is 368 g/mol. The van der Waals surface area contributed by atoms with Crippen molar-refractivity contribution in [1.82, 2.24) is 20.0 Å². The van der Waals surface area contributed by atoms with E-state index in [1.807, 2.05) is 26.8 Å². The molecule has 1 atom stereocenters. The summed E-state index contributed by atoms with van der Waals surface area (Å²) < 4.78 is 2.61. The molecule has 26 heavy (non-hydrogen) atoms. The van der Waals surface area contributed by atoms with Gasteiger partial charge >= 0.3 is 0 Å². The molecule has 7 nitrogen and oxygen atoms in total. The van der Waals surface area contributed by atoms with Crippen LogP contribution < -0.4 is 10.6 Å². The van der Waals surface area contributed by atoms with Gasteiger partial charge in [0, 0.05) is 18.2 Å². The predicted molar refractivity (Wildman–Crippen MR) is 107 cm³/mol. The van der Waals surface area contributed by atoms with Crippen LogP contribution in [0.2, 0.25) is 0 Å². The highest BCUT2D eigenvalue weighted by molar-refractivity contribution is 8.02. The fraction of sp³-hybridized carbons (Fsp3) is 0.647. The van der Waals surface area contributed by atoms with Gasteiger partial charge in [0.2, 0.25) is 11.0 Å². The van der Waals surface area contributed by atoms with Crippen molar-refractivity contribution in [3.63, 3.8) is 0 Å². The van der Waals surface area contributed by atoms with Crippen molar-refractivity contribution < 1.29 is 4.79 Å². The van der Waals surface area contributed by atoms with Gasteiger partial charge in [0.15, 0.2) is 4.34 Å². The molecule has 0 spiro atoms. The highest BCUT2D eigenvalue weighted by Gasteiger charge is 2.20. The summed E-state index contributed by atoms with van der Waals surface area (Å²) in [5, 5.41) is 19.7. The molecule has 0 unspecified atom stereocenters. The van der Waals surface area contributed by atoms with Gasteiger partial charge in [-0.1, -0.05) is 42.4 Å². The van der Waals surface area contributed by atoms with Crippen LogP contribution in [0, 0.1) is 0 Å². The van der Waals surface area contributed by atoms with Crippen LogP contribution >= 0.6 is 23.1 Å². The van der Waals surface area contributed by atoms with E-state index in [0.29, 0.717) is 6.04 Å². The van der Waals surface area contributed by atoms with E-state index in [0.717, 1.165) is 15.3 Å². The zero-order chi connectivity index (χ0) is 18.5. The zero-order valence-electron chi connectivity index (χ0n) is 15.4. The van der Waals surface area contributed by atoms with Gasteiger partial charge in [-0.2, -0.15) is 5.10 Å². The lowest BCUT2D eigenvalue weighted by molar-refractivity contribution is -0.115. The van der Waals surface area contributed by atoms with Gasteiger partial charge in [-0.15, -0.1) is 10.2 Å². The Bertz CT molecular complexity index is 722. The van der Waals surface area contributed by atoms with Crippen molar-refractivity contribution in [3.8, 4) is 0 Å². The molecule has 0 aliphatic heterocycles. The zero-order valence-corrected chi connectivity index (χ0v) is 17.1. The average molecular weight is 395 g/mol. The van der Waals surface area contributed by atoms with Crippen molar-refractivity contribution in [1.29, 1.82) is 0 Å². The minimum absolute atomic E-state index is 0.0608. The number of nitrogens with one attached hydrogen (secondary N) is 2. The van der Waals surface area contributed by atoms with Gasteiger partial charge < -0.3 is 10.6 Å². The van der Waals surface area contributed by atoms with E-state index in [1.165, 1.54) is 55.2 Å². The van der Waals surface area contributed by atoms with Crippen LogP contribution in [0.3, 0.4) is 0 Å². The average Bonchev–Trinajstić information content (AvgIpc) is 3.25. The summed E-state index contributed by atoms with van der Waals surface area (Å²) in [6, 6.07) is 2.51. The van der Waals surface area contributed by atoms with Crippen LogP contribution in [0.5, 0.6) is 0 Å². The first-order valence-corrected chi connectivity index (χ1v) is 10.8. The number of thioether (sulfide) groups is 1. The largest absolute Gasteiger partial charge is 0.357 e. The number of nitrogens with zero attached hydrogens (tertiary/aromatic N) is 4. The Hall–Kier alpha value is -1.61. The smallest absolute Gasteiger partial charge is 0.238 e. The van der Waals surface area contributed by atoms with Crippen LogP contribution in [-0.2, 0) is 4.79 Å². The number of carbonyl (C=O) groups excluding carboxylic acids is 1. The van der Waals surface area contributed by atoms with Crippen molar-refractivity contribution >= 4 is 40.0 Å². The fourth-order valence-electron chi connectivity index (χ4n) is 2.99. The molecule has 2 aromatic heterocycles. The van der Waals surface area contributed by atoms with E-state index in [9.17, 15) is 4.79 Å². The molecule has 0 aromatic carbocycles. The van der Waals surface area contributed by atoms with Gasteiger partial charge in [0.05, 0.1) is 11.4 Å². The molecule has 1 aliphatic rings. The monoisotopic (exact) mass is 394 g/mol. The molecule has 1 fully saturated rings. The predicted octanol–water partition coefficient (Wildman–Crippen LogP) is 4.18. The second-order valence-electron chi connectivity index (χ2n) is 6.86. The number of hydrogen-bond donors (Lipinski definition) is 2. The Morgan fingerprint density at radius 3 is 2.77 bits per heavy atom. The summed E-state index contributed by atoms with van der Waals surface area (Å²) >= 11 is 2.95. The molecule has 1 aliphatic carbocycles. The lowest BCUT2D eigenvalue weighted by Crippen LogP contribution is -2.24. The van der Waals surface area contributed by atoms with Crippen LogP contribution in [0.25, 0.3) is 0 Å². The lowest BCUT2D eigenvalue weighted by Gasteiger charge is -2.21. The van der Waals surface area contributed by atoms with Crippen molar-refractivity contribution in [2.45, 2.75) is 74.5 Å². The van der Waals surface area contributed by atoms with E-state index >= 15 is 0 Å².